The maximum absolute atomic E-state index is 11.6. The van der Waals surface area contributed by atoms with Gasteiger partial charge >= 0.3 is 5.97 Å². The van der Waals surface area contributed by atoms with Crippen molar-refractivity contribution in [1.82, 2.24) is 10.6 Å². The van der Waals surface area contributed by atoms with Crippen LogP contribution in [0.5, 0.6) is 0 Å². The van der Waals surface area contributed by atoms with Crippen LogP contribution in [0, 0.1) is 5.92 Å². The Labute approximate surface area is 100 Å². The number of hydrogen-bond acceptors (Lipinski definition) is 4. The zero-order valence-corrected chi connectivity index (χ0v) is 9.98. The Morgan fingerprint density at radius 2 is 2.00 bits per heavy atom. The van der Waals surface area contributed by atoms with Crippen molar-refractivity contribution in [1.29, 1.82) is 0 Å². The lowest BCUT2D eigenvalue weighted by Crippen LogP contribution is -2.48. The van der Waals surface area contributed by atoms with Crippen LogP contribution < -0.4 is 10.6 Å². The molecule has 1 rings (SSSR count). The van der Waals surface area contributed by atoms with Crippen molar-refractivity contribution in [3.63, 3.8) is 0 Å². The molecule has 0 saturated carbocycles. The summed E-state index contributed by atoms with van der Waals surface area (Å²) in [6.45, 7) is 3.15. The number of carboxylic acids is 1. The predicted octanol–water partition coefficient (Wildman–Crippen LogP) is -0.674. The quantitative estimate of drug-likeness (QED) is 0.514. The molecule has 1 aliphatic heterocycles. The number of aliphatic hydroxyl groups is 1. The van der Waals surface area contributed by atoms with E-state index >= 15 is 0 Å². The highest BCUT2D eigenvalue weighted by Crippen LogP contribution is 2.15. The van der Waals surface area contributed by atoms with Crippen LogP contribution in [0.3, 0.4) is 0 Å². The molecule has 0 aliphatic carbocycles. The number of nitrogens with one attached hydrogen (secondary N) is 2. The molecule has 1 aliphatic rings. The first-order chi connectivity index (χ1) is 8.00. The van der Waals surface area contributed by atoms with E-state index in [9.17, 15) is 14.7 Å². The monoisotopic (exact) mass is 244 g/mol. The second-order valence-corrected chi connectivity index (χ2v) is 4.52. The largest absolute Gasteiger partial charge is 0.480 e. The number of aliphatic carboxylic acids is 1. The lowest BCUT2D eigenvalue weighted by atomic mass is 9.94. The topological polar surface area (TPSA) is 98.7 Å². The van der Waals surface area contributed by atoms with Crippen LogP contribution in [0.1, 0.15) is 26.2 Å². The van der Waals surface area contributed by atoms with E-state index in [2.05, 4.69) is 10.6 Å². The Bertz CT molecular complexity index is 275. The first kappa shape index (κ1) is 13.9. The van der Waals surface area contributed by atoms with Gasteiger partial charge < -0.3 is 20.8 Å². The molecule has 98 valence electrons. The number of aliphatic hydroxyl groups excluding tert-OH is 1. The van der Waals surface area contributed by atoms with Crippen LogP contribution in [-0.2, 0) is 9.59 Å². The SMILES string of the molecule is CC(O)C(NC(=O)CC1CCNCC1)C(=O)O. The molecule has 1 fully saturated rings. The van der Waals surface area contributed by atoms with E-state index in [-0.39, 0.29) is 5.91 Å². The Balaban J connectivity index is 2.38. The fourth-order valence-corrected chi connectivity index (χ4v) is 1.97. The minimum atomic E-state index is -1.22. The summed E-state index contributed by atoms with van der Waals surface area (Å²) in [7, 11) is 0. The first-order valence-electron chi connectivity index (χ1n) is 5.91. The Kier molecular flexibility index (Phi) is 5.37. The molecule has 4 N–H and O–H groups in total. The first-order valence-corrected chi connectivity index (χ1v) is 5.91. The van der Waals surface area contributed by atoms with E-state index in [4.69, 9.17) is 5.11 Å². The Morgan fingerprint density at radius 1 is 1.41 bits per heavy atom. The van der Waals surface area contributed by atoms with Crippen molar-refractivity contribution in [2.75, 3.05) is 13.1 Å². The molecular formula is C11H20N2O4. The molecule has 0 radical (unpaired) electrons. The summed E-state index contributed by atoms with van der Waals surface area (Å²) in [4.78, 5) is 22.4. The number of carboxylic acid groups (broad SMARTS) is 1. The van der Waals surface area contributed by atoms with Gasteiger partial charge in [0.25, 0.3) is 0 Å². The van der Waals surface area contributed by atoms with Crippen molar-refractivity contribution in [3.8, 4) is 0 Å². The molecule has 1 heterocycles. The van der Waals surface area contributed by atoms with Crippen molar-refractivity contribution in [2.24, 2.45) is 5.92 Å². The molecule has 1 amide bonds. The van der Waals surface area contributed by atoms with Gasteiger partial charge in [-0.25, -0.2) is 4.79 Å². The van der Waals surface area contributed by atoms with E-state index < -0.39 is 18.1 Å². The highest BCUT2D eigenvalue weighted by atomic mass is 16.4. The smallest absolute Gasteiger partial charge is 0.328 e. The highest BCUT2D eigenvalue weighted by molar-refractivity contribution is 5.84. The van der Waals surface area contributed by atoms with E-state index in [0.29, 0.717) is 12.3 Å². The van der Waals surface area contributed by atoms with Gasteiger partial charge in [0.1, 0.15) is 0 Å². The van der Waals surface area contributed by atoms with Gasteiger partial charge in [0.15, 0.2) is 6.04 Å². The number of amides is 1. The summed E-state index contributed by atoms with van der Waals surface area (Å²) >= 11 is 0. The average molecular weight is 244 g/mol. The molecule has 6 nitrogen and oxygen atoms in total. The number of hydrogen-bond donors (Lipinski definition) is 4. The van der Waals surface area contributed by atoms with Crippen LogP contribution in [0.2, 0.25) is 0 Å². The van der Waals surface area contributed by atoms with Gasteiger partial charge in [-0.1, -0.05) is 0 Å². The van der Waals surface area contributed by atoms with Crippen molar-refractivity contribution >= 4 is 11.9 Å². The van der Waals surface area contributed by atoms with E-state index in [1.54, 1.807) is 0 Å². The molecule has 0 bridgehead atoms. The molecule has 1 saturated heterocycles. The molecule has 2 atom stereocenters. The maximum atomic E-state index is 11.6. The lowest BCUT2D eigenvalue weighted by Gasteiger charge is -2.23. The van der Waals surface area contributed by atoms with Crippen LogP contribution in [0.4, 0.5) is 0 Å². The molecule has 0 aromatic rings. The summed E-state index contributed by atoms with van der Waals surface area (Å²) in [5.74, 6) is -1.21. The molecule has 0 aromatic heterocycles. The number of piperidine rings is 1. The van der Waals surface area contributed by atoms with Crippen molar-refractivity contribution < 1.29 is 19.8 Å². The third-order valence-electron chi connectivity index (χ3n) is 3.00. The number of carbonyl (C=O) groups is 2. The highest BCUT2D eigenvalue weighted by Gasteiger charge is 2.26. The molecule has 0 aromatic carbocycles. The summed E-state index contributed by atoms with van der Waals surface area (Å²) in [5, 5.41) is 23.6. The second-order valence-electron chi connectivity index (χ2n) is 4.52. The fraction of sp³-hybridized carbons (Fsp3) is 0.818. The van der Waals surface area contributed by atoms with E-state index in [1.807, 2.05) is 0 Å². The van der Waals surface area contributed by atoms with Gasteiger partial charge in [-0.15, -0.1) is 0 Å². The summed E-state index contributed by atoms with van der Waals surface area (Å²) < 4.78 is 0. The average Bonchev–Trinajstić information content (AvgIpc) is 2.26. The molecule has 17 heavy (non-hydrogen) atoms. The predicted molar refractivity (Wildman–Crippen MR) is 61.5 cm³/mol. The lowest BCUT2D eigenvalue weighted by molar-refractivity contribution is -0.145. The standard InChI is InChI=1S/C11H20N2O4/c1-7(14)10(11(16)17)13-9(15)6-8-2-4-12-5-3-8/h7-8,10,12,14H,2-6H2,1H3,(H,13,15)(H,16,17). The fourth-order valence-electron chi connectivity index (χ4n) is 1.97. The van der Waals surface area contributed by atoms with Crippen LogP contribution in [0.15, 0.2) is 0 Å². The van der Waals surface area contributed by atoms with Gasteiger partial charge in [0.2, 0.25) is 5.91 Å². The second kappa shape index (κ2) is 6.56. The van der Waals surface area contributed by atoms with Gasteiger partial charge in [-0.2, -0.15) is 0 Å². The summed E-state index contributed by atoms with van der Waals surface area (Å²) in [5.41, 5.74) is 0. The van der Waals surface area contributed by atoms with Gasteiger partial charge in [-0.3, -0.25) is 4.79 Å². The Hall–Kier alpha value is -1.14. The number of rotatable bonds is 5. The molecule has 0 spiro atoms. The minimum Gasteiger partial charge on any atom is -0.480 e. The summed E-state index contributed by atoms with van der Waals surface area (Å²) in [6.07, 6.45) is 1.10. The molecular weight excluding hydrogens is 224 g/mol. The van der Waals surface area contributed by atoms with Crippen molar-refractivity contribution in [2.45, 2.75) is 38.3 Å². The molecule has 2 unspecified atom stereocenters. The zero-order chi connectivity index (χ0) is 12.8. The van der Waals surface area contributed by atoms with Gasteiger partial charge in [-0.05, 0) is 38.8 Å². The van der Waals surface area contributed by atoms with Crippen LogP contribution >= 0.6 is 0 Å². The summed E-state index contributed by atoms with van der Waals surface area (Å²) in [6, 6.07) is -1.22. The van der Waals surface area contributed by atoms with E-state index in [1.165, 1.54) is 6.92 Å². The van der Waals surface area contributed by atoms with E-state index in [0.717, 1.165) is 25.9 Å². The Morgan fingerprint density at radius 3 is 2.47 bits per heavy atom. The zero-order valence-electron chi connectivity index (χ0n) is 9.98. The van der Waals surface area contributed by atoms with Crippen LogP contribution in [-0.4, -0.2) is 47.3 Å². The minimum absolute atomic E-state index is 0.301. The third-order valence-corrected chi connectivity index (χ3v) is 3.00. The van der Waals surface area contributed by atoms with Crippen molar-refractivity contribution in [3.05, 3.63) is 0 Å². The number of carbonyl (C=O) groups excluding carboxylic acids is 1. The molecule has 6 heteroatoms. The van der Waals surface area contributed by atoms with Gasteiger partial charge in [0, 0.05) is 6.42 Å². The van der Waals surface area contributed by atoms with Crippen LogP contribution in [0.25, 0.3) is 0 Å². The van der Waals surface area contributed by atoms with Gasteiger partial charge in [0.05, 0.1) is 6.10 Å². The maximum Gasteiger partial charge on any atom is 0.328 e. The normalized spacial score (nSPS) is 20.6. The third kappa shape index (κ3) is 4.70.